The fraction of sp³-hybridized carbons (Fsp3) is 0.818. The summed E-state index contributed by atoms with van der Waals surface area (Å²) < 4.78 is 11.2. The van der Waals surface area contributed by atoms with Crippen molar-refractivity contribution < 1.29 is 19.1 Å². The van der Waals surface area contributed by atoms with Gasteiger partial charge in [-0.3, -0.25) is 9.59 Å². The molecule has 0 aliphatic heterocycles. The molecule has 8 unspecified atom stereocenters. The van der Waals surface area contributed by atoms with Crippen LogP contribution >= 0.6 is 0 Å². The molecule has 3 saturated carbocycles. The highest BCUT2D eigenvalue weighted by atomic mass is 16.5. The Hall–Kier alpha value is -1.32. The monoisotopic (exact) mass is 360 g/mol. The number of esters is 2. The van der Waals surface area contributed by atoms with E-state index in [1.165, 1.54) is 6.42 Å². The van der Waals surface area contributed by atoms with Crippen molar-refractivity contribution in [3.8, 4) is 0 Å². The predicted octanol–water partition coefficient (Wildman–Crippen LogP) is 3.99. The fourth-order valence-corrected chi connectivity index (χ4v) is 7.97. The molecule has 4 nitrogen and oxygen atoms in total. The summed E-state index contributed by atoms with van der Waals surface area (Å²) in [7, 11) is 0. The van der Waals surface area contributed by atoms with Gasteiger partial charge in [0.1, 0.15) is 0 Å². The average molecular weight is 360 g/mol. The Labute approximate surface area is 156 Å². The lowest BCUT2D eigenvalue weighted by molar-refractivity contribution is -0.197. The van der Waals surface area contributed by atoms with Crippen LogP contribution in [0.3, 0.4) is 0 Å². The Morgan fingerprint density at radius 1 is 0.808 bits per heavy atom. The van der Waals surface area contributed by atoms with E-state index in [9.17, 15) is 9.59 Å². The molecular weight excluding hydrogens is 328 g/mol. The Morgan fingerprint density at radius 3 is 1.58 bits per heavy atom. The first-order chi connectivity index (χ1) is 12.5. The molecule has 0 aromatic rings. The molecule has 0 radical (unpaired) electrons. The average Bonchev–Trinajstić information content (AvgIpc) is 3.38. The largest absolute Gasteiger partial charge is 0.466 e. The van der Waals surface area contributed by atoms with Gasteiger partial charge in [0.2, 0.25) is 0 Å². The minimum absolute atomic E-state index is 0.157. The van der Waals surface area contributed by atoms with E-state index in [0.29, 0.717) is 49.7 Å². The van der Waals surface area contributed by atoms with Gasteiger partial charge in [0.25, 0.3) is 0 Å². The highest BCUT2D eigenvalue weighted by Crippen LogP contribution is 2.78. The van der Waals surface area contributed by atoms with Crippen molar-refractivity contribution in [2.24, 2.45) is 46.3 Å². The second kappa shape index (κ2) is 6.10. The molecule has 4 heteroatoms. The van der Waals surface area contributed by atoms with Crippen LogP contribution in [0.15, 0.2) is 12.2 Å². The van der Waals surface area contributed by atoms with Gasteiger partial charge in [-0.05, 0) is 75.0 Å². The predicted molar refractivity (Wildman–Crippen MR) is 98.0 cm³/mol. The molecule has 4 bridgehead atoms. The van der Waals surface area contributed by atoms with Gasteiger partial charge in [-0.25, -0.2) is 0 Å². The van der Waals surface area contributed by atoms with Crippen LogP contribution < -0.4 is 0 Å². The van der Waals surface area contributed by atoms with Gasteiger partial charge in [0.15, 0.2) is 0 Å². The molecule has 0 saturated heterocycles. The summed E-state index contributed by atoms with van der Waals surface area (Å²) in [6.07, 6.45) is 8.23. The van der Waals surface area contributed by atoms with Crippen molar-refractivity contribution >= 4 is 11.9 Å². The molecule has 0 spiro atoms. The van der Waals surface area contributed by atoms with Gasteiger partial charge in [0.05, 0.1) is 24.0 Å². The minimum Gasteiger partial charge on any atom is -0.466 e. The number of ether oxygens (including phenoxy) is 2. The van der Waals surface area contributed by atoms with Crippen LogP contribution in [-0.2, 0) is 19.1 Å². The van der Waals surface area contributed by atoms with E-state index >= 15 is 0 Å². The first-order valence-corrected chi connectivity index (χ1v) is 10.6. The smallest absolute Gasteiger partial charge is 0.313 e. The van der Waals surface area contributed by atoms with E-state index in [2.05, 4.69) is 26.0 Å². The summed E-state index contributed by atoms with van der Waals surface area (Å²) in [5, 5.41) is 0. The number of hydrogen-bond acceptors (Lipinski definition) is 4. The topological polar surface area (TPSA) is 52.6 Å². The quantitative estimate of drug-likeness (QED) is 0.408. The number of carbonyl (C=O) groups is 2. The van der Waals surface area contributed by atoms with Crippen LogP contribution in [0.2, 0.25) is 0 Å². The highest BCUT2D eigenvalue weighted by molar-refractivity contribution is 5.90. The van der Waals surface area contributed by atoms with Crippen LogP contribution in [0.5, 0.6) is 0 Å². The highest BCUT2D eigenvalue weighted by Gasteiger charge is 2.80. The zero-order valence-electron chi connectivity index (χ0n) is 16.5. The number of hydrogen-bond donors (Lipinski definition) is 0. The molecule has 4 rings (SSSR count). The maximum Gasteiger partial charge on any atom is 0.313 e. The van der Waals surface area contributed by atoms with Crippen molar-refractivity contribution in [2.75, 3.05) is 13.2 Å². The van der Waals surface area contributed by atoms with Crippen molar-refractivity contribution in [3.05, 3.63) is 12.2 Å². The molecule has 26 heavy (non-hydrogen) atoms. The normalized spacial score (nSPS) is 47.2. The number of fused-ring (bicyclic) bond motifs is 9. The SMILES string of the molecule is CCOC(=O)C1(CC)C2CC(C3C4C=CC(C4)C32)C1(CC)C(=O)OCC. The lowest BCUT2D eigenvalue weighted by Gasteiger charge is -2.54. The van der Waals surface area contributed by atoms with Crippen LogP contribution in [-0.4, -0.2) is 25.2 Å². The van der Waals surface area contributed by atoms with Crippen molar-refractivity contribution in [1.29, 1.82) is 0 Å². The Bertz CT molecular complexity index is 588. The van der Waals surface area contributed by atoms with Crippen molar-refractivity contribution in [1.82, 2.24) is 0 Å². The van der Waals surface area contributed by atoms with Gasteiger partial charge in [-0.1, -0.05) is 26.0 Å². The second-order valence-corrected chi connectivity index (χ2v) is 8.64. The van der Waals surface area contributed by atoms with E-state index in [4.69, 9.17) is 9.47 Å². The molecule has 8 atom stereocenters. The van der Waals surface area contributed by atoms with E-state index in [1.54, 1.807) is 0 Å². The third-order valence-electron chi connectivity index (χ3n) is 8.48. The van der Waals surface area contributed by atoms with E-state index in [1.807, 2.05) is 13.8 Å². The Balaban J connectivity index is 1.87. The van der Waals surface area contributed by atoms with Crippen molar-refractivity contribution in [3.63, 3.8) is 0 Å². The summed E-state index contributed by atoms with van der Waals surface area (Å²) in [6.45, 7) is 8.57. The lowest BCUT2D eigenvalue weighted by atomic mass is 9.47. The molecule has 0 aromatic carbocycles. The molecule has 4 aliphatic rings. The molecular formula is C22H32O4. The van der Waals surface area contributed by atoms with Gasteiger partial charge < -0.3 is 9.47 Å². The molecule has 0 amide bonds. The van der Waals surface area contributed by atoms with Crippen LogP contribution in [0.4, 0.5) is 0 Å². The van der Waals surface area contributed by atoms with E-state index in [-0.39, 0.29) is 23.8 Å². The van der Waals surface area contributed by atoms with Gasteiger partial charge in [-0.15, -0.1) is 0 Å². The summed E-state index contributed by atoms with van der Waals surface area (Å²) in [5.41, 5.74) is -1.46. The summed E-state index contributed by atoms with van der Waals surface area (Å²) in [4.78, 5) is 26.8. The summed E-state index contributed by atoms with van der Waals surface area (Å²) in [6, 6.07) is 0. The second-order valence-electron chi connectivity index (χ2n) is 8.64. The Morgan fingerprint density at radius 2 is 1.23 bits per heavy atom. The lowest BCUT2D eigenvalue weighted by Crippen LogP contribution is -2.61. The first-order valence-electron chi connectivity index (χ1n) is 10.6. The molecule has 4 aliphatic carbocycles. The molecule has 0 N–H and O–H groups in total. The number of rotatable bonds is 6. The first kappa shape index (κ1) is 18.1. The third-order valence-corrected chi connectivity index (χ3v) is 8.48. The molecule has 0 aromatic heterocycles. The van der Waals surface area contributed by atoms with Gasteiger partial charge >= 0.3 is 11.9 Å². The fourth-order valence-electron chi connectivity index (χ4n) is 7.97. The maximum atomic E-state index is 13.4. The number of allylic oxidation sites excluding steroid dienone is 2. The van der Waals surface area contributed by atoms with Gasteiger partial charge in [-0.2, -0.15) is 0 Å². The van der Waals surface area contributed by atoms with Crippen LogP contribution in [0.1, 0.15) is 53.4 Å². The van der Waals surface area contributed by atoms with E-state index < -0.39 is 10.8 Å². The van der Waals surface area contributed by atoms with Gasteiger partial charge in [0, 0.05) is 0 Å². The van der Waals surface area contributed by atoms with Crippen molar-refractivity contribution in [2.45, 2.75) is 53.4 Å². The van der Waals surface area contributed by atoms with Crippen LogP contribution in [0, 0.1) is 46.3 Å². The minimum atomic E-state index is -0.728. The molecule has 3 fully saturated rings. The van der Waals surface area contributed by atoms with E-state index in [0.717, 1.165) is 6.42 Å². The molecule has 0 heterocycles. The standard InChI is InChI=1S/C22H32O4/c1-5-21(19(23)25-7-3)15-12-16(22(21,6-2)20(24)26-8-4)18-14-10-9-13(11-14)17(15)18/h9-10,13-18H,5-8,11-12H2,1-4H3. The summed E-state index contributed by atoms with van der Waals surface area (Å²) in [5.74, 6) is 2.40. The zero-order chi connectivity index (χ0) is 18.7. The third kappa shape index (κ3) is 1.81. The van der Waals surface area contributed by atoms with Crippen LogP contribution in [0.25, 0.3) is 0 Å². The summed E-state index contributed by atoms with van der Waals surface area (Å²) >= 11 is 0. The zero-order valence-corrected chi connectivity index (χ0v) is 16.5. The number of carbonyl (C=O) groups excluding carboxylic acids is 2. The maximum absolute atomic E-state index is 13.4. The molecule has 144 valence electrons. The Kier molecular flexibility index (Phi) is 4.24.